The van der Waals surface area contributed by atoms with E-state index in [4.69, 9.17) is 17.0 Å². The van der Waals surface area contributed by atoms with Gasteiger partial charge in [0, 0.05) is 18.7 Å². The van der Waals surface area contributed by atoms with Gasteiger partial charge in [-0.05, 0) is 31.9 Å². The molecule has 1 aromatic rings. The molecule has 0 unspecified atom stereocenters. The van der Waals surface area contributed by atoms with Crippen molar-refractivity contribution in [3.8, 4) is 0 Å². The fourth-order valence-electron chi connectivity index (χ4n) is 2.80. The standard InChI is InChI=1S/C17H20N2O3S2/c1-11-4-6-12(7-5-11)18-15(20)9-14-16(21)19(17(23)24-14)10-13-3-2-8-22-13/h4-7,13-14H,2-3,8-10H2,1H3,(H,18,20)/t13-,14+/m1/s1. The molecule has 2 fully saturated rings. The van der Waals surface area contributed by atoms with Crippen molar-refractivity contribution in [2.24, 2.45) is 0 Å². The average molecular weight is 364 g/mol. The van der Waals surface area contributed by atoms with E-state index in [1.165, 1.54) is 11.8 Å². The highest BCUT2D eigenvalue weighted by Crippen LogP contribution is 2.31. The van der Waals surface area contributed by atoms with Crippen molar-refractivity contribution in [2.75, 3.05) is 18.5 Å². The molecule has 2 atom stereocenters. The second-order valence-electron chi connectivity index (χ2n) is 6.07. The highest BCUT2D eigenvalue weighted by atomic mass is 32.2. The number of hydrogen-bond acceptors (Lipinski definition) is 5. The van der Waals surface area contributed by atoms with Crippen LogP contribution in [0.4, 0.5) is 5.69 Å². The van der Waals surface area contributed by atoms with Gasteiger partial charge in [0.1, 0.15) is 4.32 Å². The molecule has 2 aliphatic heterocycles. The van der Waals surface area contributed by atoms with Crippen molar-refractivity contribution in [3.63, 3.8) is 0 Å². The minimum absolute atomic E-state index is 0.0626. The molecule has 0 aliphatic carbocycles. The van der Waals surface area contributed by atoms with Gasteiger partial charge in [-0.1, -0.05) is 41.7 Å². The summed E-state index contributed by atoms with van der Waals surface area (Å²) in [6.07, 6.45) is 2.16. The number of ether oxygens (including phenoxy) is 1. The second-order valence-corrected chi connectivity index (χ2v) is 7.91. The summed E-state index contributed by atoms with van der Waals surface area (Å²) < 4.78 is 6.12. The number of thioether (sulfide) groups is 1. The Hall–Kier alpha value is -1.44. The summed E-state index contributed by atoms with van der Waals surface area (Å²) >= 11 is 6.60. The number of amides is 2. The van der Waals surface area contributed by atoms with Crippen LogP contribution in [-0.2, 0) is 14.3 Å². The summed E-state index contributed by atoms with van der Waals surface area (Å²) in [6.45, 7) is 3.23. The van der Waals surface area contributed by atoms with Crippen molar-refractivity contribution in [2.45, 2.75) is 37.5 Å². The molecule has 2 amide bonds. The van der Waals surface area contributed by atoms with Crippen LogP contribution in [0.2, 0.25) is 0 Å². The number of benzene rings is 1. The minimum atomic E-state index is -0.440. The molecule has 1 N–H and O–H groups in total. The Morgan fingerprint density at radius 1 is 1.42 bits per heavy atom. The first-order valence-corrected chi connectivity index (χ1v) is 9.32. The Labute approximate surface area is 151 Å². The third-order valence-corrected chi connectivity index (χ3v) is 5.71. The summed E-state index contributed by atoms with van der Waals surface area (Å²) in [7, 11) is 0. The lowest BCUT2D eigenvalue weighted by molar-refractivity contribution is -0.129. The molecule has 0 saturated carbocycles. The SMILES string of the molecule is Cc1ccc(NC(=O)C[C@@H]2SC(=S)N(C[C@H]3CCCO3)C2=O)cc1. The summed E-state index contributed by atoms with van der Waals surface area (Å²) in [4.78, 5) is 26.3. The van der Waals surface area contributed by atoms with Gasteiger partial charge in [0.2, 0.25) is 11.8 Å². The van der Waals surface area contributed by atoms with Crippen LogP contribution in [0.3, 0.4) is 0 Å². The second kappa shape index (κ2) is 7.63. The van der Waals surface area contributed by atoms with Crippen LogP contribution in [0.5, 0.6) is 0 Å². The van der Waals surface area contributed by atoms with Crippen LogP contribution in [0.1, 0.15) is 24.8 Å². The van der Waals surface area contributed by atoms with E-state index in [-0.39, 0.29) is 24.3 Å². The van der Waals surface area contributed by atoms with E-state index in [0.717, 1.165) is 30.7 Å². The molecule has 2 aliphatic rings. The largest absolute Gasteiger partial charge is 0.376 e. The van der Waals surface area contributed by atoms with E-state index in [1.54, 1.807) is 4.90 Å². The summed E-state index contributed by atoms with van der Waals surface area (Å²) in [5.74, 6) is -0.258. The molecule has 128 valence electrons. The Balaban J connectivity index is 1.55. The van der Waals surface area contributed by atoms with Crippen molar-refractivity contribution in [3.05, 3.63) is 29.8 Å². The Morgan fingerprint density at radius 2 is 2.17 bits per heavy atom. The van der Waals surface area contributed by atoms with Crippen LogP contribution >= 0.6 is 24.0 Å². The predicted octanol–water partition coefficient (Wildman–Crippen LogP) is 2.73. The van der Waals surface area contributed by atoms with Crippen molar-refractivity contribution in [1.82, 2.24) is 4.90 Å². The first kappa shape index (κ1) is 17.4. The lowest BCUT2D eigenvalue weighted by Gasteiger charge is -2.19. The molecule has 1 aromatic carbocycles. The van der Waals surface area contributed by atoms with Gasteiger partial charge < -0.3 is 10.1 Å². The number of nitrogens with one attached hydrogen (secondary N) is 1. The minimum Gasteiger partial charge on any atom is -0.376 e. The van der Waals surface area contributed by atoms with Crippen LogP contribution in [0, 0.1) is 6.92 Å². The van der Waals surface area contributed by atoms with Gasteiger partial charge in [-0.3, -0.25) is 14.5 Å². The predicted molar refractivity (Wildman–Crippen MR) is 99.1 cm³/mol. The molecule has 3 rings (SSSR count). The molecule has 0 radical (unpaired) electrons. The lowest BCUT2D eigenvalue weighted by atomic mass is 10.2. The molecular formula is C17H20N2O3S2. The lowest BCUT2D eigenvalue weighted by Crippen LogP contribution is -2.38. The van der Waals surface area contributed by atoms with Gasteiger partial charge in [0.25, 0.3) is 0 Å². The first-order valence-electron chi connectivity index (χ1n) is 8.03. The number of carbonyl (C=O) groups excluding carboxylic acids is 2. The zero-order valence-electron chi connectivity index (χ0n) is 13.5. The summed E-state index contributed by atoms with van der Waals surface area (Å²) in [5.41, 5.74) is 1.87. The van der Waals surface area contributed by atoms with E-state index >= 15 is 0 Å². The quantitative estimate of drug-likeness (QED) is 0.814. The third-order valence-electron chi connectivity index (χ3n) is 4.12. The van der Waals surface area contributed by atoms with Gasteiger partial charge in [0.15, 0.2) is 0 Å². The van der Waals surface area contributed by atoms with Gasteiger partial charge in [0.05, 0.1) is 17.9 Å². The molecule has 2 saturated heterocycles. The van der Waals surface area contributed by atoms with Crippen LogP contribution in [0.15, 0.2) is 24.3 Å². The number of aryl methyl sites for hydroxylation is 1. The summed E-state index contributed by atoms with van der Waals surface area (Å²) in [5, 5.41) is 2.39. The molecule has 0 aromatic heterocycles. The Bertz CT molecular complexity index is 642. The smallest absolute Gasteiger partial charge is 0.242 e. The molecular weight excluding hydrogens is 344 g/mol. The van der Waals surface area contributed by atoms with E-state index < -0.39 is 5.25 Å². The van der Waals surface area contributed by atoms with E-state index in [0.29, 0.717) is 10.9 Å². The average Bonchev–Trinajstić information content (AvgIpc) is 3.14. The zero-order valence-corrected chi connectivity index (χ0v) is 15.1. The number of thiocarbonyl (C=S) groups is 1. The highest BCUT2D eigenvalue weighted by molar-refractivity contribution is 8.24. The molecule has 0 bridgehead atoms. The maximum absolute atomic E-state index is 12.5. The molecule has 7 heteroatoms. The molecule has 24 heavy (non-hydrogen) atoms. The molecule has 5 nitrogen and oxygen atoms in total. The van der Waals surface area contributed by atoms with E-state index in [1.807, 2.05) is 31.2 Å². The van der Waals surface area contributed by atoms with Crippen molar-refractivity contribution >= 4 is 45.8 Å². The van der Waals surface area contributed by atoms with Gasteiger partial charge in [-0.15, -0.1) is 0 Å². The normalized spacial score (nSPS) is 23.8. The maximum Gasteiger partial charge on any atom is 0.242 e. The fourth-order valence-corrected chi connectivity index (χ4v) is 4.31. The van der Waals surface area contributed by atoms with Crippen LogP contribution in [-0.4, -0.2) is 45.5 Å². The topological polar surface area (TPSA) is 58.6 Å². The number of hydrogen-bond donors (Lipinski definition) is 1. The van der Waals surface area contributed by atoms with E-state index in [2.05, 4.69) is 5.32 Å². The zero-order chi connectivity index (χ0) is 17.1. The van der Waals surface area contributed by atoms with Gasteiger partial charge >= 0.3 is 0 Å². The fraction of sp³-hybridized carbons (Fsp3) is 0.471. The maximum atomic E-state index is 12.5. The van der Waals surface area contributed by atoms with E-state index in [9.17, 15) is 9.59 Å². The van der Waals surface area contributed by atoms with Crippen LogP contribution < -0.4 is 5.32 Å². The van der Waals surface area contributed by atoms with Gasteiger partial charge in [-0.2, -0.15) is 0 Å². The van der Waals surface area contributed by atoms with Crippen LogP contribution in [0.25, 0.3) is 0 Å². The van der Waals surface area contributed by atoms with Gasteiger partial charge in [-0.25, -0.2) is 0 Å². The Kier molecular flexibility index (Phi) is 5.53. The molecule has 2 heterocycles. The number of carbonyl (C=O) groups is 2. The monoisotopic (exact) mass is 364 g/mol. The molecule has 0 spiro atoms. The number of nitrogens with zero attached hydrogens (tertiary/aromatic N) is 1. The Morgan fingerprint density at radius 3 is 2.83 bits per heavy atom. The highest BCUT2D eigenvalue weighted by Gasteiger charge is 2.39. The van der Waals surface area contributed by atoms with Crippen molar-refractivity contribution in [1.29, 1.82) is 0 Å². The summed E-state index contributed by atoms with van der Waals surface area (Å²) in [6, 6.07) is 7.57. The number of anilines is 1. The number of rotatable bonds is 5. The third kappa shape index (κ3) is 4.15. The van der Waals surface area contributed by atoms with Crippen molar-refractivity contribution < 1.29 is 14.3 Å². The first-order chi connectivity index (χ1) is 11.5.